The Morgan fingerprint density at radius 3 is 2.70 bits per heavy atom. The Kier molecular flexibility index (Phi) is 6.78. The lowest BCUT2D eigenvalue weighted by Crippen LogP contribution is -2.27. The number of amides is 1. The van der Waals surface area contributed by atoms with Gasteiger partial charge in [0.2, 0.25) is 5.95 Å². The van der Waals surface area contributed by atoms with Gasteiger partial charge in [0.05, 0.1) is 6.61 Å². The minimum atomic E-state index is -0.215. The number of aromatic nitrogens is 3. The molecule has 2 N–H and O–H groups in total. The Morgan fingerprint density at radius 1 is 1.26 bits per heavy atom. The second-order valence-corrected chi connectivity index (χ2v) is 6.61. The molecule has 146 valence electrons. The number of ether oxygens (including phenoxy) is 2. The first kappa shape index (κ1) is 19.3. The molecule has 1 aromatic heterocycles. The van der Waals surface area contributed by atoms with E-state index in [1.165, 1.54) is 0 Å². The zero-order valence-electron chi connectivity index (χ0n) is 15.9. The molecule has 8 nitrogen and oxygen atoms in total. The third-order valence-electron chi connectivity index (χ3n) is 4.59. The van der Waals surface area contributed by atoms with Gasteiger partial charge in [0.25, 0.3) is 5.91 Å². The molecule has 0 saturated carbocycles. The summed E-state index contributed by atoms with van der Waals surface area (Å²) in [6.07, 6.45) is 2.86. The van der Waals surface area contributed by atoms with E-state index in [1.807, 2.05) is 0 Å². The topological polar surface area (TPSA) is 90.3 Å². The summed E-state index contributed by atoms with van der Waals surface area (Å²) in [6.45, 7) is 3.20. The van der Waals surface area contributed by atoms with Crippen molar-refractivity contribution in [3.63, 3.8) is 0 Å². The number of anilines is 1. The standard InChI is InChI=1S/C19H27N5O3/c1-24-19(21-17(23-24)14-8-10-20-11-9-14)22-18(25)15-4-6-16(7-5-15)27-13-3-12-26-2/h4-7,14,20H,3,8-13H2,1-2H3,(H,21,22,23,25). The van der Waals surface area contributed by atoms with Gasteiger partial charge < -0.3 is 14.8 Å². The molecule has 1 aliphatic heterocycles. The predicted molar refractivity (Wildman–Crippen MR) is 102 cm³/mol. The first-order chi connectivity index (χ1) is 13.2. The van der Waals surface area contributed by atoms with Crippen molar-refractivity contribution in [1.29, 1.82) is 0 Å². The lowest BCUT2D eigenvalue weighted by Gasteiger charge is -2.19. The molecule has 27 heavy (non-hydrogen) atoms. The summed E-state index contributed by atoms with van der Waals surface area (Å²) < 4.78 is 12.2. The van der Waals surface area contributed by atoms with Crippen LogP contribution in [0.2, 0.25) is 0 Å². The summed E-state index contributed by atoms with van der Waals surface area (Å²) >= 11 is 0. The van der Waals surface area contributed by atoms with Crippen LogP contribution in [0.5, 0.6) is 5.75 Å². The highest BCUT2D eigenvalue weighted by atomic mass is 16.5. The Hall–Kier alpha value is -2.45. The number of hydrogen-bond acceptors (Lipinski definition) is 6. The molecule has 0 aliphatic carbocycles. The summed E-state index contributed by atoms with van der Waals surface area (Å²) in [4.78, 5) is 17.0. The van der Waals surface area contributed by atoms with E-state index in [1.54, 1.807) is 43.1 Å². The van der Waals surface area contributed by atoms with Gasteiger partial charge in [0.1, 0.15) is 5.75 Å². The van der Waals surface area contributed by atoms with E-state index in [4.69, 9.17) is 9.47 Å². The quantitative estimate of drug-likeness (QED) is 0.688. The number of rotatable bonds is 8. The third-order valence-corrected chi connectivity index (χ3v) is 4.59. The van der Waals surface area contributed by atoms with E-state index in [-0.39, 0.29) is 5.91 Å². The van der Waals surface area contributed by atoms with Gasteiger partial charge >= 0.3 is 0 Å². The molecular formula is C19H27N5O3. The maximum Gasteiger partial charge on any atom is 0.258 e. The summed E-state index contributed by atoms with van der Waals surface area (Å²) in [7, 11) is 3.46. The van der Waals surface area contributed by atoms with Gasteiger partial charge in [-0.1, -0.05) is 0 Å². The van der Waals surface area contributed by atoms with Crippen molar-refractivity contribution in [3.8, 4) is 5.75 Å². The van der Waals surface area contributed by atoms with Crippen molar-refractivity contribution in [3.05, 3.63) is 35.7 Å². The number of piperidine rings is 1. The summed E-state index contributed by atoms with van der Waals surface area (Å²) in [6, 6.07) is 7.06. The van der Waals surface area contributed by atoms with Crippen LogP contribution < -0.4 is 15.4 Å². The maximum atomic E-state index is 12.5. The van der Waals surface area contributed by atoms with Crippen LogP contribution in [-0.2, 0) is 11.8 Å². The van der Waals surface area contributed by atoms with Gasteiger partial charge in [-0.25, -0.2) is 4.68 Å². The van der Waals surface area contributed by atoms with Crippen LogP contribution in [-0.4, -0.2) is 54.1 Å². The molecule has 1 aliphatic rings. The molecule has 2 aromatic rings. The number of nitrogens with zero attached hydrogens (tertiary/aromatic N) is 3. The van der Waals surface area contributed by atoms with Crippen molar-refractivity contribution >= 4 is 11.9 Å². The minimum Gasteiger partial charge on any atom is -0.494 e. The molecule has 0 atom stereocenters. The van der Waals surface area contributed by atoms with Gasteiger partial charge in [-0.15, -0.1) is 0 Å². The molecule has 2 heterocycles. The van der Waals surface area contributed by atoms with Crippen molar-refractivity contribution in [2.24, 2.45) is 7.05 Å². The number of carbonyl (C=O) groups excluding carboxylic acids is 1. The lowest BCUT2D eigenvalue weighted by molar-refractivity contribution is 0.102. The molecular weight excluding hydrogens is 346 g/mol. The van der Waals surface area contributed by atoms with Gasteiger partial charge in [0.15, 0.2) is 5.82 Å². The van der Waals surface area contributed by atoms with E-state index >= 15 is 0 Å². The zero-order valence-corrected chi connectivity index (χ0v) is 15.9. The van der Waals surface area contributed by atoms with Gasteiger partial charge in [-0.3, -0.25) is 10.1 Å². The molecule has 0 bridgehead atoms. The zero-order chi connectivity index (χ0) is 19.1. The molecule has 1 fully saturated rings. The van der Waals surface area contributed by atoms with Crippen LogP contribution in [0.3, 0.4) is 0 Å². The molecule has 1 saturated heterocycles. The number of aryl methyl sites for hydroxylation is 1. The molecule has 1 aromatic carbocycles. The molecule has 3 rings (SSSR count). The Bertz CT molecular complexity index is 738. The SMILES string of the molecule is COCCCOc1ccc(C(=O)Nc2nc(C3CCNCC3)nn2C)cc1. The highest BCUT2D eigenvalue weighted by Crippen LogP contribution is 2.23. The molecule has 0 spiro atoms. The van der Waals surface area contributed by atoms with E-state index in [0.29, 0.717) is 30.6 Å². The number of methoxy groups -OCH3 is 1. The number of nitrogens with one attached hydrogen (secondary N) is 2. The van der Waals surface area contributed by atoms with Crippen molar-refractivity contribution in [2.45, 2.75) is 25.2 Å². The fraction of sp³-hybridized carbons (Fsp3) is 0.526. The Balaban J connectivity index is 1.57. The average Bonchev–Trinajstić information content (AvgIpc) is 3.07. The first-order valence-corrected chi connectivity index (χ1v) is 9.32. The maximum absolute atomic E-state index is 12.5. The molecule has 1 amide bonds. The monoisotopic (exact) mass is 373 g/mol. The summed E-state index contributed by atoms with van der Waals surface area (Å²) in [5.41, 5.74) is 0.547. The van der Waals surface area contributed by atoms with Crippen LogP contribution in [0.1, 0.15) is 41.4 Å². The highest BCUT2D eigenvalue weighted by Gasteiger charge is 2.21. The smallest absolute Gasteiger partial charge is 0.258 e. The van der Waals surface area contributed by atoms with Crippen LogP contribution in [0.15, 0.2) is 24.3 Å². The van der Waals surface area contributed by atoms with Crippen molar-refractivity contribution in [2.75, 3.05) is 38.7 Å². The molecule has 0 unspecified atom stereocenters. The number of benzene rings is 1. The Morgan fingerprint density at radius 2 is 2.00 bits per heavy atom. The van der Waals surface area contributed by atoms with Gasteiger partial charge in [0, 0.05) is 38.7 Å². The number of hydrogen-bond donors (Lipinski definition) is 2. The average molecular weight is 373 g/mol. The second-order valence-electron chi connectivity index (χ2n) is 6.61. The Labute approximate surface area is 159 Å². The third kappa shape index (κ3) is 5.27. The molecule has 8 heteroatoms. The van der Waals surface area contributed by atoms with Crippen molar-refractivity contribution < 1.29 is 14.3 Å². The lowest BCUT2D eigenvalue weighted by atomic mass is 9.98. The van der Waals surface area contributed by atoms with Crippen LogP contribution in [0.25, 0.3) is 0 Å². The van der Waals surface area contributed by atoms with Gasteiger partial charge in [-0.05, 0) is 50.2 Å². The first-order valence-electron chi connectivity index (χ1n) is 9.32. The van der Waals surface area contributed by atoms with Gasteiger partial charge in [-0.2, -0.15) is 10.1 Å². The van der Waals surface area contributed by atoms with E-state index in [9.17, 15) is 4.79 Å². The minimum absolute atomic E-state index is 0.215. The van der Waals surface area contributed by atoms with Crippen LogP contribution in [0, 0.1) is 0 Å². The van der Waals surface area contributed by atoms with Crippen LogP contribution >= 0.6 is 0 Å². The van der Waals surface area contributed by atoms with E-state index in [0.717, 1.165) is 43.9 Å². The number of carbonyl (C=O) groups is 1. The fourth-order valence-corrected chi connectivity index (χ4v) is 3.04. The predicted octanol–water partition coefficient (Wildman–Crippen LogP) is 1.95. The van der Waals surface area contributed by atoms with E-state index < -0.39 is 0 Å². The van der Waals surface area contributed by atoms with Crippen molar-refractivity contribution in [1.82, 2.24) is 20.1 Å². The second kappa shape index (κ2) is 9.48. The summed E-state index contributed by atoms with van der Waals surface area (Å²) in [5.74, 6) is 2.13. The van der Waals surface area contributed by atoms with E-state index in [2.05, 4.69) is 20.7 Å². The fourth-order valence-electron chi connectivity index (χ4n) is 3.04. The van der Waals surface area contributed by atoms with Crippen LogP contribution in [0.4, 0.5) is 5.95 Å². The normalized spacial score (nSPS) is 14.9. The largest absolute Gasteiger partial charge is 0.494 e. The molecule has 0 radical (unpaired) electrons. The highest BCUT2D eigenvalue weighted by molar-refractivity contribution is 6.03. The summed E-state index contributed by atoms with van der Waals surface area (Å²) in [5, 5.41) is 10.7.